The van der Waals surface area contributed by atoms with Crippen LogP contribution in [0.4, 0.5) is 0 Å². The minimum atomic E-state index is -0.106. The smallest absolute Gasteiger partial charge is 0.289 e. The standard InChI is InChI=1S/C15H18N2O2/c1-11-7-8-19-14(11)15(18)17(2)10-13-5-3-12(9-16)4-6-13/h3-8H,9-10,16H2,1-2H3. The summed E-state index contributed by atoms with van der Waals surface area (Å²) in [5.41, 5.74) is 8.56. The molecular weight excluding hydrogens is 240 g/mol. The van der Waals surface area contributed by atoms with Crippen LogP contribution in [0.2, 0.25) is 0 Å². The van der Waals surface area contributed by atoms with Gasteiger partial charge >= 0.3 is 0 Å². The molecule has 1 aromatic carbocycles. The maximum atomic E-state index is 12.2. The van der Waals surface area contributed by atoms with E-state index >= 15 is 0 Å². The van der Waals surface area contributed by atoms with Crippen molar-refractivity contribution in [2.24, 2.45) is 5.73 Å². The fraction of sp³-hybridized carbons (Fsp3) is 0.267. The number of hydrogen-bond acceptors (Lipinski definition) is 3. The summed E-state index contributed by atoms with van der Waals surface area (Å²) >= 11 is 0. The Hall–Kier alpha value is -2.07. The zero-order valence-corrected chi connectivity index (χ0v) is 11.2. The van der Waals surface area contributed by atoms with Crippen LogP contribution in [0, 0.1) is 6.92 Å². The van der Waals surface area contributed by atoms with Crippen molar-refractivity contribution in [3.05, 3.63) is 59.0 Å². The lowest BCUT2D eigenvalue weighted by Crippen LogP contribution is -2.26. The maximum Gasteiger partial charge on any atom is 0.289 e. The highest BCUT2D eigenvalue weighted by Gasteiger charge is 2.17. The fourth-order valence-corrected chi connectivity index (χ4v) is 1.89. The number of benzene rings is 1. The van der Waals surface area contributed by atoms with Gasteiger partial charge in [-0.2, -0.15) is 0 Å². The number of rotatable bonds is 4. The number of carbonyl (C=O) groups excluding carboxylic acids is 1. The molecule has 19 heavy (non-hydrogen) atoms. The van der Waals surface area contributed by atoms with Gasteiger partial charge < -0.3 is 15.1 Å². The summed E-state index contributed by atoms with van der Waals surface area (Å²) < 4.78 is 5.21. The third-order valence-corrected chi connectivity index (χ3v) is 3.08. The predicted octanol–water partition coefficient (Wildman–Crippen LogP) is 2.32. The topological polar surface area (TPSA) is 59.5 Å². The number of aryl methyl sites for hydroxylation is 1. The molecule has 0 spiro atoms. The fourth-order valence-electron chi connectivity index (χ4n) is 1.89. The van der Waals surface area contributed by atoms with Gasteiger partial charge in [0, 0.05) is 25.7 Å². The van der Waals surface area contributed by atoms with E-state index < -0.39 is 0 Å². The van der Waals surface area contributed by atoms with Crippen LogP contribution in [0.3, 0.4) is 0 Å². The van der Waals surface area contributed by atoms with Gasteiger partial charge in [0.1, 0.15) is 0 Å². The second kappa shape index (κ2) is 5.71. The van der Waals surface area contributed by atoms with Crippen molar-refractivity contribution in [3.63, 3.8) is 0 Å². The highest BCUT2D eigenvalue weighted by molar-refractivity contribution is 5.92. The van der Waals surface area contributed by atoms with Crippen LogP contribution in [0.1, 0.15) is 27.2 Å². The summed E-state index contributed by atoms with van der Waals surface area (Å²) in [7, 11) is 1.77. The molecule has 0 aliphatic heterocycles. The molecule has 2 rings (SSSR count). The first kappa shape index (κ1) is 13.4. The second-order valence-corrected chi connectivity index (χ2v) is 4.61. The van der Waals surface area contributed by atoms with Crippen LogP contribution >= 0.6 is 0 Å². The van der Waals surface area contributed by atoms with Crippen molar-refractivity contribution in [1.82, 2.24) is 4.90 Å². The molecular formula is C15H18N2O2. The zero-order chi connectivity index (χ0) is 13.8. The SMILES string of the molecule is Cc1ccoc1C(=O)N(C)Cc1ccc(CN)cc1. The Morgan fingerprint density at radius 2 is 1.84 bits per heavy atom. The molecule has 4 nitrogen and oxygen atoms in total. The minimum absolute atomic E-state index is 0.106. The maximum absolute atomic E-state index is 12.2. The third-order valence-electron chi connectivity index (χ3n) is 3.08. The number of hydrogen-bond donors (Lipinski definition) is 1. The van der Waals surface area contributed by atoms with Crippen molar-refractivity contribution in [2.45, 2.75) is 20.0 Å². The quantitative estimate of drug-likeness (QED) is 0.915. The lowest BCUT2D eigenvalue weighted by Gasteiger charge is -2.16. The Bertz CT molecular complexity index is 558. The van der Waals surface area contributed by atoms with Crippen LogP contribution in [-0.4, -0.2) is 17.9 Å². The Morgan fingerprint density at radius 3 is 2.37 bits per heavy atom. The summed E-state index contributed by atoms with van der Waals surface area (Å²) in [5.74, 6) is 0.298. The average Bonchev–Trinajstić information content (AvgIpc) is 2.85. The number of nitrogens with two attached hydrogens (primary N) is 1. The molecule has 0 saturated heterocycles. The molecule has 2 N–H and O–H groups in total. The molecule has 1 heterocycles. The monoisotopic (exact) mass is 258 g/mol. The molecule has 0 bridgehead atoms. The van der Waals surface area contributed by atoms with E-state index in [1.165, 1.54) is 6.26 Å². The van der Waals surface area contributed by atoms with Gasteiger partial charge in [0.25, 0.3) is 5.91 Å². The molecule has 0 aliphatic rings. The van der Waals surface area contributed by atoms with Gasteiger partial charge in [0.15, 0.2) is 5.76 Å². The summed E-state index contributed by atoms with van der Waals surface area (Å²) in [6.07, 6.45) is 1.53. The number of nitrogens with zero attached hydrogens (tertiary/aromatic N) is 1. The van der Waals surface area contributed by atoms with Crippen LogP contribution in [-0.2, 0) is 13.1 Å². The van der Waals surface area contributed by atoms with E-state index in [4.69, 9.17) is 10.2 Å². The summed E-state index contributed by atoms with van der Waals surface area (Å²) in [6, 6.07) is 9.72. The molecule has 4 heteroatoms. The summed E-state index contributed by atoms with van der Waals surface area (Å²) in [6.45, 7) is 2.94. The van der Waals surface area contributed by atoms with Gasteiger partial charge in [-0.05, 0) is 24.1 Å². The predicted molar refractivity (Wildman–Crippen MR) is 73.6 cm³/mol. The van der Waals surface area contributed by atoms with Crippen molar-refractivity contribution in [2.75, 3.05) is 7.05 Å². The molecule has 0 saturated carbocycles. The molecule has 1 amide bonds. The number of carbonyl (C=O) groups is 1. The number of furan rings is 1. The average molecular weight is 258 g/mol. The van der Waals surface area contributed by atoms with Gasteiger partial charge in [0.05, 0.1) is 6.26 Å². The minimum Gasteiger partial charge on any atom is -0.459 e. The molecule has 0 fully saturated rings. The van der Waals surface area contributed by atoms with Crippen molar-refractivity contribution >= 4 is 5.91 Å². The van der Waals surface area contributed by atoms with Crippen molar-refractivity contribution in [3.8, 4) is 0 Å². The van der Waals surface area contributed by atoms with E-state index in [0.717, 1.165) is 16.7 Å². The highest BCUT2D eigenvalue weighted by atomic mass is 16.3. The first-order chi connectivity index (χ1) is 9.11. The van der Waals surface area contributed by atoms with Crippen molar-refractivity contribution in [1.29, 1.82) is 0 Å². The van der Waals surface area contributed by atoms with Gasteiger partial charge in [0.2, 0.25) is 0 Å². The van der Waals surface area contributed by atoms with E-state index in [0.29, 0.717) is 18.8 Å². The Balaban J connectivity index is 2.06. The molecule has 0 radical (unpaired) electrons. The summed E-state index contributed by atoms with van der Waals surface area (Å²) in [4.78, 5) is 13.8. The third kappa shape index (κ3) is 3.03. The van der Waals surface area contributed by atoms with E-state index in [9.17, 15) is 4.79 Å². The number of amides is 1. The van der Waals surface area contributed by atoms with E-state index in [1.807, 2.05) is 31.2 Å². The van der Waals surface area contributed by atoms with Gasteiger partial charge in [-0.1, -0.05) is 24.3 Å². The lowest BCUT2D eigenvalue weighted by molar-refractivity contribution is 0.0752. The summed E-state index contributed by atoms with van der Waals surface area (Å²) in [5, 5.41) is 0. The highest BCUT2D eigenvalue weighted by Crippen LogP contribution is 2.13. The van der Waals surface area contributed by atoms with Gasteiger partial charge in [-0.25, -0.2) is 0 Å². The molecule has 1 aromatic heterocycles. The van der Waals surface area contributed by atoms with Crippen molar-refractivity contribution < 1.29 is 9.21 Å². The van der Waals surface area contributed by atoms with E-state index in [2.05, 4.69) is 0 Å². The first-order valence-corrected chi connectivity index (χ1v) is 6.19. The Labute approximate surface area is 112 Å². The van der Waals surface area contributed by atoms with Crippen LogP contribution in [0.15, 0.2) is 41.0 Å². The second-order valence-electron chi connectivity index (χ2n) is 4.61. The molecule has 0 aliphatic carbocycles. The van der Waals surface area contributed by atoms with Crippen LogP contribution in [0.25, 0.3) is 0 Å². The Kier molecular flexibility index (Phi) is 4.02. The molecule has 0 atom stereocenters. The first-order valence-electron chi connectivity index (χ1n) is 6.19. The Morgan fingerprint density at radius 1 is 1.21 bits per heavy atom. The van der Waals surface area contributed by atoms with Gasteiger partial charge in [-0.3, -0.25) is 4.79 Å². The van der Waals surface area contributed by atoms with E-state index in [-0.39, 0.29) is 5.91 Å². The lowest BCUT2D eigenvalue weighted by atomic mass is 10.1. The molecule has 2 aromatic rings. The molecule has 100 valence electrons. The van der Waals surface area contributed by atoms with E-state index in [1.54, 1.807) is 18.0 Å². The van der Waals surface area contributed by atoms with Crippen LogP contribution < -0.4 is 5.73 Å². The van der Waals surface area contributed by atoms with Crippen LogP contribution in [0.5, 0.6) is 0 Å². The zero-order valence-electron chi connectivity index (χ0n) is 11.2. The molecule has 0 unspecified atom stereocenters. The van der Waals surface area contributed by atoms with Gasteiger partial charge in [-0.15, -0.1) is 0 Å². The largest absolute Gasteiger partial charge is 0.459 e. The normalized spacial score (nSPS) is 10.5.